The van der Waals surface area contributed by atoms with Crippen molar-refractivity contribution in [3.8, 4) is 0 Å². The second kappa shape index (κ2) is 7.81. The summed E-state index contributed by atoms with van der Waals surface area (Å²) < 4.78 is 79.5. The van der Waals surface area contributed by atoms with Gasteiger partial charge in [-0.05, 0) is 25.7 Å². The first-order valence-electron chi connectivity index (χ1n) is 7.61. The van der Waals surface area contributed by atoms with Crippen molar-refractivity contribution in [1.82, 2.24) is 0 Å². The number of unbranched alkanes of at least 4 members (excludes halogenated alkanes) is 1. The van der Waals surface area contributed by atoms with E-state index in [4.69, 9.17) is 4.74 Å². The van der Waals surface area contributed by atoms with Crippen LogP contribution >= 0.6 is 0 Å². The molecule has 0 radical (unpaired) electrons. The summed E-state index contributed by atoms with van der Waals surface area (Å²) in [6.07, 6.45) is 2.88. The number of esters is 1. The predicted octanol–water partition coefficient (Wildman–Crippen LogP) is 3.55. The molecule has 4 nitrogen and oxygen atoms in total. The molecule has 1 saturated carbocycles. The van der Waals surface area contributed by atoms with Gasteiger partial charge in [0.15, 0.2) is 0 Å². The summed E-state index contributed by atoms with van der Waals surface area (Å²) in [5.41, 5.74) is 0. The first-order valence-corrected chi connectivity index (χ1v) is 9.50. The first kappa shape index (κ1) is 20.2. The van der Waals surface area contributed by atoms with E-state index in [1.807, 2.05) is 0 Å². The predicted molar refractivity (Wildman–Crippen MR) is 76.1 cm³/mol. The molecule has 0 bridgehead atoms. The molecule has 1 aliphatic rings. The second-order valence-corrected chi connectivity index (χ2v) is 8.01. The van der Waals surface area contributed by atoms with E-state index in [1.54, 1.807) is 0 Å². The van der Waals surface area contributed by atoms with Gasteiger partial charge in [-0.1, -0.05) is 19.3 Å². The number of carbonyl (C=O) groups is 1. The molecule has 0 atom stereocenters. The normalized spacial score (nSPS) is 18.0. The standard InChI is InChI=1S/C14H22F4O4S/c1-23(20,21)14(17,18)13(15,16)9-5-6-10-22-12(19)11-7-3-2-4-8-11/h11H,2-10H2,1H3. The molecule has 0 N–H and O–H groups in total. The van der Waals surface area contributed by atoms with Gasteiger partial charge in [0.1, 0.15) is 0 Å². The molecule has 0 aromatic heterocycles. The molecule has 0 heterocycles. The maximum absolute atomic E-state index is 13.3. The Hall–Kier alpha value is -0.860. The minimum Gasteiger partial charge on any atom is -0.465 e. The smallest absolute Gasteiger partial charge is 0.406 e. The van der Waals surface area contributed by atoms with E-state index in [1.165, 1.54) is 0 Å². The lowest BCUT2D eigenvalue weighted by atomic mass is 9.89. The van der Waals surface area contributed by atoms with Gasteiger partial charge >= 0.3 is 17.1 Å². The zero-order valence-corrected chi connectivity index (χ0v) is 13.8. The topological polar surface area (TPSA) is 60.4 Å². The van der Waals surface area contributed by atoms with Crippen molar-refractivity contribution in [1.29, 1.82) is 0 Å². The third-order valence-corrected chi connectivity index (χ3v) is 5.19. The number of carbonyl (C=O) groups excluding carboxylic acids is 1. The highest BCUT2D eigenvalue weighted by atomic mass is 32.2. The van der Waals surface area contributed by atoms with Gasteiger partial charge < -0.3 is 4.74 Å². The Morgan fingerprint density at radius 3 is 2.17 bits per heavy atom. The van der Waals surface area contributed by atoms with Crippen LogP contribution in [-0.4, -0.2) is 38.4 Å². The van der Waals surface area contributed by atoms with Gasteiger partial charge in [-0.3, -0.25) is 4.79 Å². The highest BCUT2D eigenvalue weighted by Gasteiger charge is 2.62. The SMILES string of the molecule is CS(=O)(=O)C(F)(F)C(F)(F)CCCCOC(=O)C1CCCCC1. The fourth-order valence-corrected chi connectivity index (χ4v) is 3.14. The minimum absolute atomic E-state index is 0.0199. The number of hydrogen-bond acceptors (Lipinski definition) is 4. The van der Waals surface area contributed by atoms with Crippen LogP contribution in [-0.2, 0) is 19.4 Å². The van der Waals surface area contributed by atoms with Crippen LogP contribution in [0.5, 0.6) is 0 Å². The third kappa shape index (κ3) is 5.32. The molecular weight excluding hydrogens is 340 g/mol. The van der Waals surface area contributed by atoms with Crippen LogP contribution in [0.3, 0.4) is 0 Å². The lowest BCUT2D eigenvalue weighted by Crippen LogP contribution is -2.46. The highest BCUT2D eigenvalue weighted by Crippen LogP contribution is 2.41. The molecule has 1 fully saturated rings. The number of alkyl halides is 4. The zero-order chi connectivity index (χ0) is 17.7. The van der Waals surface area contributed by atoms with Crippen molar-refractivity contribution in [2.24, 2.45) is 5.92 Å². The number of ether oxygens (including phenoxy) is 1. The molecule has 0 aromatic carbocycles. The zero-order valence-electron chi connectivity index (χ0n) is 13.0. The largest absolute Gasteiger partial charge is 0.465 e. The van der Waals surface area contributed by atoms with E-state index in [2.05, 4.69) is 0 Å². The Kier molecular flexibility index (Phi) is 6.85. The van der Waals surface area contributed by atoms with Gasteiger partial charge in [0.2, 0.25) is 9.84 Å². The molecule has 0 amide bonds. The average Bonchev–Trinajstić information content (AvgIpc) is 2.46. The Morgan fingerprint density at radius 1 is 1.09 bits per heavy atom. The van der Waals surface area contributed by atoms with Crippen molar-refractivity contribution < 1.29 is 35.5 Å². The molecule has 1 rings (SSSR count). The molecule has 1 aliphatic carbocycles. The summed E-state index contributed by atoms with van der Waals surface area (Å²) in [4.78, 5) is 11.7. The monoisotopic (exact) mass is 362 g/mol. The average molecular weight is 362 g/mol. The number of hydrogen-bond donors (Lipinski definition) is 0. The van der Waals surface area contributed by atoms with E-state index >= 15 is 0 Å². The van der Waals surface area contributed by atoms with Crippen molar-refractivity contribution in [3.63, 3.8) is 0 Å². The molecule has 23 heavy (non-hydrogen) atoms. The van der Waals surface area contributed by atoms with Gasteiger partial charge in [-0.25, -0.2) is 8.42 Å². The van der Waals surface area contributed by atoms with Crippen molar-refractivity contribution >= 4 is 15.8 Å². The molecular formula is C14H22F4O4S. The molecule has 136 valence electrons. The summed E-state index contributed by atoms with van der Waals surface area (Å²) in [7, 11) is -5.20. The van der Waals surface area contributed by atoms with E-state index in [0.717, 1.165) is 32.1 Å². The van der Waals surface area contributed by atoms with Crippen molar-refractivity contribution in [3.05, 3.63) is 0 Å². The molecule has 0 unspecified atom stereocenters. The van der Waals surface area contributed by atoms with Gasteiger partial charge in [-0.15, -0.1) is 0 Å². The Labute approximate surface area is 133 Å². The Morgan fingerprint density at radius 2 is 1.65 bits per heavy atom. The second-order valence-electron chi connectivity index (χ2n) is 5.95. The van der Waals surface area contributed by atoms with Crippen molar-refractivity contribution in [2.45, 2.75) is 62.5 Å². The third-order valence-electron chi connectivity index (χ3n) is 3.96. The van der Waals surface area contributed by atoms with Gasteiger partial charge in [0.05, 0.1) is 12.5 Å². The maximum Gasteiger partial charge on any atom is 0.406 e. The highest BCUT2D eigenvalue weighted by molar-refractivity contribution is 7.91. The first-order chi connectivity index (χ1) is 10.5. The number of sulfone groups is 1. The molecule has 0 saturated heterocycles. The summed E-state index contributed by atoms with van der Waals surface area (Å²) in [5.74, 6) is -5.19. The quantitative estimate of drug-likeness (QED) is 0.376. The molecule has 9 heteroatoms. The van der Waals surface area contributed by atoms with Gasteiger partial charge in [0, 0.05) is 12.7 Å². The van der Waals surface area contributed by atoms with E-state index < -0.39 is 27.4 Å². The number of halogens is 4. The van der Waals surface area contributed by atoms with E-state index in [9.17, 15) is 30.8 Å². The van der Waals surface area contributed by atoms with Crippen LogP contribution in [0.25, 0.3) is 0 Å². The fourth-order valence-electron chi connectivity index (χ4n) is 2.49. The van der Waals surface area contributed by atoms with Crippen LogP contribution in [0.1, 0.15) is 51.4 Å². The minimum atomic E-state index is -5.20. The summed E-state index contributed by atoms with van der Waals surface area (Å²) in [6.45, 7) is -0.129. The number of rotatable bonds is 8. The summed E-state index contributed by atoms with van der Waals surface area (Å²) in [6, 6.07) is 0. The van der Waals surface area contributed by atoms with Crippen LogP contribution in [0, 0.1) is 5.92 Å². The van der Waals surface area contributed by atoms with Crippen LogP contribution in [0.4, 0.5) is 17.6 Å². The van der Waals surface area contributed by atoms with Crippen LogP contribution in [0.2, 0.25) is 0 Å². The summed E-state index contributed by atoms with van der Waals surface area (Å²) >= 11 is 0. The lowest BCUT2D eigenvalue weighted by Gasteiger charge is -2.24. The Bertz CT molecular complexity index is 499. The Balaban J connectivity index is 2.32. The van der Waals surface area contributed by atoms with Gasteiger partial charge in [0.25, 0.3) is 0 Å². The van der Waals surface area contributed by atoms with Crippen LogP contribution < -0.4 is 0 Å². The van der Waals surface area contributed by atoms with Gasteiger partial charge in [-0.2, -0.15) is 17.6 Å². The lowest BCUT2D eigenvalue weighted by molar-refractivity contribution is -0.162. The van der Waals surface area contributed by atoms with Crippen LogP contribution in [0.15, 0.2) is 0 Å². The van der Waals surface area contributed by atoms with E-state index in [0.29, 0.717) is 0 Å². The molecule has 0 aliphatic heterocycles. The summed E-state index contributed by atoms with van der Waals surface area (Å²) in [5, 5.41) is -5.10. The van der Waals surface area contributed by atoms with E-state index in [-0.39, 0.29) is 37.6 Å². The maximum atomic E-state index is 13.3. The fraction of sp³-hybridized carbons (Fsp3) is 0.929. The molecule has 0 spiro atoms. The molecule has 0 aromatic rings. The van der Waals surface area contributed by atoms with Crippen molar-refractivity contribution in [2.75, 3.05) is 12.9 Å².